The molecule has 2 aromatic carbocycles. The Morgan fingerprint density at radius 3 is 2.78 bits per heavy atom. The van der Waals surface area contributed by atoms with Gasteiger partial charge in [-0.15, -0.1) is 0 Å². The van der Waals surface area contributed by atoms with Gasteiger partial charge in [-0.05, 0) is 50.2 Å². The first-order valence-corrected chi connectivity index (χ1v) is 8.29. The molecule has 0 aliphatic carbocycles. The lowest BCUT2D eigenvalue weighted by Crippen LogP contribution is -2.26. The minimum atomic E-state index is -1.10. The van der Waals surface area contributed by atoms with E-state index in [4.69, 9.17) is 14.3 Å². The number of ether oxygens (including phenoxy) is 1. The molecule has 6 nitrogen and oxygen atoms in total. The Hall–Kier alpha value is -3.35. The zero-order valence-corrected chi connectivity index (χ0v) is 14.8. The van der Waals surface area contributed by atoms with Crippen molar-refractivity contribution in [1.82, 2.24) is 5.32 Å². The smallest absolute Gasteiger partial charge is 0.341 e. The third-order valence-corrected chi connectivity index (χ3v) is 4.13. The van der Waals surface area contributed by atoms with Crippen LogP contribution in [0.5, 0.6) is 5.75 Å². The van der Waals surface area contributed by atoms with Crippen molar-refractivity contribution >= 4 is 22.8 Å². The van der Waals surface area contributed by atoms with E-state index in [0.717, 1.165) is 5.56 Å². The number of carboxylic acid groups (broad SMARTS) is 1. The number of amides is 1. The van der Waals surface area contributed by atoms with Crippen LogP contribution in [0.15, 0.2) is 46.9 Å². The summed E-state index contributed by atoms with van der Waals surface area (Å²) in [6.07, 6.45) is 0. The quantitative estimate of drug-likeness (QED) is 0.687. The number of hydrogen-bond donors (Lipinski definition) is 2. The van der Waals surface area contributed by atoms with Crippen molar-refractivity contribution in [1.29, 1.82) is 0 Å². The first kappa shape index (κ1) is 18.4. The fraction of sp³-hybridized carbons (Fsp3) is 0.200. The van der Waals surface area contributed by atoms with Gasteiger partial charge in [0.1, 0.15) is 22.9 Å². The maximum atomic E-state index is 13.4. The SMILES string of the molecule is Cc1c(C(C)NC(=O)c2cccc(OCC(=O)O)c2)oc2ccc(F)cc12. The molecule has 1 aromatic heterocycles. The van der Waals surface area contributed by atoms with Gasteiger partial charge in [0.15, 0.2) is 6.61 Å². The summed E-state index contributed by atoms with van der Waals surface area (Å²) in [5.74, 6) is -0.993. The highest BCUT2D eigenvalue weighted by atomic mass is 19.1. The molecule has 7 heteroatoms. The maximum Gasteiger partial charge on any atom is 0.341 e. The number of furan rings is 1. The molecule has 0 bridgehead atoms. The number of fused-ring (bicyclic) bond motifs is 1. The summed E-state index contributed by atoms with van der Waals surface area (Å²) in [5, 5.41) is 12.1. The molecule has 27 heavy (non-hydrogen) atoms. The fourth-order valence-corrected chi connectivity index (χ4v) is 2.84. The summed E-state index contributed by atoms with van der Waals surface area (Å²) in [5.41, 5.74) is 1.63. The molecule has 1 atom stereocenters. The standard InChI is InChI=1S/C20H18FNO5/c1-11-16-9-14(21)6-7-17(16)27-19(11)12(2)22-20(25)13-4-3-5-15(8-13)26-10-18(23)24/h3-9,12H,10H2,1-2H3,(H,22,25)(H,23,24). The highest BCUT2D eigenvalue weighted by molar-refractivity contribution is 5.95. The van der Waals surface area contributed by atoms with Crippen LogP contribution in [0, 0.1) is 12.7 Å². The monoisotopic (exact) mass is 371 g/mol. The van der Waals surface area contributed by atoms with E-state index >= 15 is 0 Å². The van der Waals surface area contributed by atoms with Crippen molar-refractivity contribution < 1.29 is 28.2 Å². The molecule has 0 fully saturated rings. The predicted octanol–water partition coefficient (Wildman–Crippen LogP) is 3.83. The molecule has 1 heterocycles. The summed E-state index contributed by atoms with van der Waals surface area (Å²) >= 11 is 0. The van der Waals surface area contributed by atoms with Crippen LogP contribution in [0.25, 0.3) is 11.0 Å². The van der Waals surface area contributed by atoms with Crippen molar-refractivity contribution in [3.8, 4) is 5.75 Å². The first-order chi connectivity index (χ1) is 12.8. The minimum Gasteiger partial charge on any atom is -0.482 e. The van der Waals surface area contributed by atoms with Crippen LogP contribution >= 0.6 is 0 Å². The van der Waals surface area contributed by atoms with Crippen molar-refractivity contribution in [2.24, 2.45) is 0 Å². The zero-order valence-electron chi connectivity index (χ0n) is 14.8. The van der Waals surface area contributed by atoms with E-state index in [1.54, 1.807) is 31.2 Å². The van der Waals surface area contributed by atoms with E-state index in [1.807, 2.05) is 6.92 Å². The molecule has 0 aliphatic rings. The van der Waals surface area contributed by atoms with Crippen molar-refractivity contribution in [3.63, 3.8) is 0 Å². The van der Waals surface area contributed by atoms with E-state index in [-0.39, 0.29) is 17.5 Å². The number of nitrogens with one attached hydrogen (secondary N) is 1. The molecule has 1 unspecified atom stereocenters. The lowest BCUT2D eigenvalue weighted by atomic mass is 10.1. The van der Waals surface area contributed by atoms with E-state index < -0.39 is 18.6 Å². The number of rotatable bonds is 6. The van der Waals surface area contributed by atoms with Gasteiger partial charge in [-0.1, -0.05) is 6.07 Å². The van der Waals surface area contributed by atoms with Crippen molar-refractivity contribution in [3.05, 3.63) is 65.2 Å². The topological polar surface area (TPSA) is 88.8 Å². The van der Waals surface area contributed by atoms with E-state index in [1.165, 1.54) is 18.2 Å². The van der Waals surface area contributed by atoms with Crippen molar-refractivity contribution in [2.75, 3.05) is 6.61 Å². The van der Waals surface area contributed by atoms with Crippen LogP contribution in [-0.2, 0) is 4.79 Å². The van der Waals surface area contributed by atoms with Gasteiger partial charge in [0, 0.05) is 16.5 Å². The second-order valence-electron chi connectivity index (χ2n) is 6.14. The van der Waals surface area contributed by atoms with Crippen LogP contribution in [0.3, 0.4) is 0 Å². The Morgan fingerprint density at radius 1 is 1.26 bits per heavy atom. The average Bonchev–Trinajstić information content (AvgIpc) is 2.96. The Balaban J connectivity index is 1.77. The Morgan fingerprint density at radius 2 is 2.04 bits per heavy atom. The predicted molar refractivity (Wildman–Crippen MR) is 96.4 cm³/mol. The molecule has 3 aromatic rings. The van der Waals surface area contributed by atoms with Gasteiger partial charge in [-0.25, -0.2) is 9.18 Å². The molecule has 3 rings (SSSR count). The second-order valence-corrected chi connectivity index (χ2v) is 6.14. The summed E-state index contributed by atoms with van der Waals surface area (Å²) in [7, 11) is 0. The van der Waals surface area contributed by atoms with E-state index in [2.05, 4.69) is 5.32 Å². The van der Waals surface area contributed by atoms with Gasteiger partial charge in [-0.2, -0.15) is 0 Å². The van der Waals surface area contributed by atoms with Gasteiger partial charge in [-0.3, -0.25) is 4.79 Å². The maximum absolute atomic E-state index is 13.4. The summed E-state index contributed by atoms with van der Waals surface area (Å²) in [6, 6.07) is 10.1. The van der Waals surface area contributed by atoms with Crippen molar-refractivity contribution in [2.45, 2.75) is 19.9 Å². The first-order valence-electron chi connectivity index (χ1n) is 8.29. The molecule has 0 aliphatic heterocycles. The number of carbonyl (C=O) groups is 2. The Labute approximate surface area is 154 Å². The molecule has 1 amide bonds. The third kappa shape index (κ3) is 4.08. The number of halogens is 1. The average molecular weight is 371 g/mol. The highest BCUT2D eigenvalue weighted by Gasteiger charge is 2.19. The molecule has 0 saturated carbocycles. The summed E-state index contributed by atoms with van der Waals surface area (Å²) in [6.45, 7) is 3.09. The number of hydrogen-bond acceptors (Lipinski definition) is 4. The van der Waals surface area contributed by atoms with Gasteiger partial charge >= 0.3 is 5.97 Å². The van der Waals surface area contributed by atoms with Gasteiger partial charge in [0.2, 0.25) is 0 Å². The van der Waals surface area contributed by atoms with Gasteiger partial charge in [0.05, 0.1) is 6.04 Å². The molecule has 0 radical (unpaired) electrons. The molecule has 0 spiro atoms. The number of carbonyl (C=O) groups excluding carboxylic acids is 1. The Bertz CT molecular complexity index is 1010. The van der Waals surface area contributed by atoms with Crippen LogP contribution in [0.2, 0.25) is 0 Å². The normalized spacial score (nSPS) is 12.0. The molecule has 2 N–H and O–H groups in total. The van der Waals surface area contributed by atoms with Crippen LogP contribution in [0.1, 0.15) is 34.6 Å². The van der Waals surface area contributed by atoms with Gasteiger partial charge in [0.25, 0.3) is 5.91 Å². The third-order valence-electron chi connectivity index (χ3n) is 4.13. The second kappa shape index (κ2) is 7.49. The number of carboxylic acids is 1. The van der Waals surface area contributed by atoms with Crippen LogP contribution < -0.4 is 10.1 Å². The van der Waals surface area contributed by atoms with Crippen LogP contribution in [0.4, 0.5) is 4.39 Å². The number of aliphatic carboxylic acids is 1. The highest BCUT2D eigenvalue weighted by Crippen LogP contribution is 2.30. The number of benzene rings is 2. The summed E-state index contributed by atoms with van der Waals surface area (Å²) < 4.78 is 24.3. The van der Waals surface area contributed by atoms with Gasteiger partial charge < -0.3 is 19.6 Å². The number of aryl methyl sites for hydroxylation is 1. The summed E-state index contributed by atoms with van der Waals surface area (Å²) in [4.78, 5) is 23.1. The zero-order chi connectivity index (χ0) is 19.6. The molecule has 0 saturated heterocycles. The van der Waals surface area contributed by atoms with Crippen LogP contribution in [-0.4, -0.2) is 23.6 Å². The van der Waals surface area contributed by atoms with E-state index in [9.17, 15) is 14.0 Å². The minimum absolute atomic E-state index is 0.285. The fourth-order valence-electron chi connectivity index (χ4n) is 2.84. The lowest BCUT2D eigenvalue weighted by molar-refractivity contribution is -0.139. The van der Waals surface area contributed by atoms with E-state index in [0.29, 0.717) is 22.3 Å². The molecule has 140 valence electrons. The Kier molecular flexibility index (Phi) is 5.12. The molecular formula is C20H18FNO5. The lowest BCUT2D eigenvalue weighted by Gasteiger charge is -2.13. The largest absolute Gasteiger partial charge is 0.482 e. The molecular weight excluding hydrogens is 353 g/mol.